The van der Waals surface area contributed by atoms with Crippen LogP contribution in [0.2, 0.25) is 0 Å². The minimum atomic E-state index is -0.302. The third-order valence-corrected chi connectivity index (χ3v) is 5.90. The van der Waals surface area contributed by atoms with Crippen molar-refractivity contribution in [3.05, 3.63) is 35.9 Å². The summed E-state index contributed by atoms with van der Waals surface area (Å²) >= 11 is 0. The molecule has 23 heavy (non-hydrogen) atoms. The first-order valence-electron chi connectivity index (χ1n) is 8.95. The quantitative estimate of drug-likeness (QED) is 0.860. The predicted octanol–water partition coefficient (Wildman–Crippen LogP) is 2.64. The smallest absolute Gasteiger partial charge is 0.225 e. The first kappa shape index (κ1) is 15.2. The molecular weight excluding hydrogens is 288 g/mol. The summed E-state index contributed by atoms with van der Waals surface area (Å²) in [5.41, 5.74) is 1.06. The van der Waals surface area contributed by atoms with Crippen LogP contribution in [0.1, 0.15) is 38.2 Å². The molecule has 3 fully saturated rings. The van der Waals surface area contributed by atoms with Gasteiger partial charge in [-0.1, -0.05) is 37.3 Å². The molecule has 0 unspecified atom stereocenters. The lowest BCUT2D eigenvalue weighted by molar-refractivity contribution is -0.192. The average Bonchev–Trinajstić information content (AvgIpc) is 2.96. The van der Waals surface area contributed by atoms with Crippen LogP contribution in [0, 0.1) is 5.92 Å². The Morgan fingerprint density at radius 2 is 2.13 bits per heavy atom. The molecule has 0 bridgehead atoms. The van der Waals surface area contributed by atoms with Crippen molar-refractivity contribution in [2.45, 2.75) is 50.9 Å². The first-order chi connectivity index (χ1) is 11.2. The molecule has 1 amide bonds. The molecule has 1 aromatic carbocycles. The Kier molecular flexibility index (Phi) is 3.90. The average molecular weight is 314 g/mol. The predicted molar refractivity (Wildman–Crippen MR) is 88.7 cm³/mol. The van der Waals surface area contributed by atoms with E-state index in [0.29, 0.717) is 18.2 Å². The summed E-state index contributed by atoms with van der Waals surface area (Å²) in [5, 5.41) is 0. The van der Waals surface area contributed by atoms with Crippen LogP contribution in [-0.4, -0.2) is 47.2 Å². The number of benzene rings is 1. The van der Waals surface area contributed by atoms with Gasteiger partial charge in [-0.05, 0) is 18.4 Å². The molecule has 3 heterocycles. The van der Waals surface area contributed by atoms with Gasteiger partial charge in [-0.3, -0.25) is 9.69 Å². The highest BCUT2D eigenvalue weighted by molar-refractivity contribution is 5.78. The van der Waals surface area contributed by atoms with Gasteiger partial charge < -0.3 is 9.64 Å². The molecule has 4 heteroatoms. The number of carbonyl (C=O) groups is 1. The maximum atomic E-state index is 12.5. The van der Waals surface area contributed by atoms with Crippen LogP contribution < -0.4 is 0 Å². The molecule has 1 spiro atoms. The van der Waals surface area contributed by atoms with Gasteiger partial charge in [-0.25, -0.2) is 0 Å². The summed E-state index contributed by atoms with van der Waals surface area (Å²) in [6.07, 6.45) is 3.60. The second-order valence-corrected chi connectivity index (χ2v) is 7.19. The lowest BCUT2D eigenvalue weighted by Crippen LogP contribution is -2.64. The Balaban J connectivity index is 1.51. The van der Waals surface area contributed by atoms with Crippen LogP contribution in [0.15, 0.2) is 30.3 Å². The molecule has 3 aliphatic heterocycles. The lowest BCUT2D eigenvalue weighted by Gasteiger charge is -2.52. The summed E-state index contributed by atoms with van der Waals surface area (Å²) in [4.78, 5) is 17.2. The van der Waals surface area contributed by atoms with Gasteiger partial charge in [-0.15, -0.1) is 0 Å². The fourth-order valence-electron chi connectivity index (χ4n) is 4.70. The summed E-state index contributed by atoms with van der Waals surface area (Å²) < 4.78 is 6.30. The standard InChI is InChI=1S/C19H26N2O2/c1-2-17-14-23-19-10-11-20(12-15-6-4-3-5-7-15)13-16(19)8-9-18(22)21(17)19/h3-7,16-17H,2,8-14H2,1H3/t16-,17-,19-/m0/s1. The van der Waals surface area contributed by atoms with E-state index in [-0.39, 0.29) is 11.8 Å². The monoisotopic (exact) mass is 314 g/mol. The van der Waals surface area contributed by atoms with Crippen molar-refractivity contribution in [1.29, 1.82) is 0 Å². The van der Waals surface area contributed by atoms with Crippen LogP contribution in [-0.2, 0) is 16.1 Å². The molecule has 3 aliphatic rings. The van der Waals surface area contributed by atoms with Gasteiger partial charge >= 0.3 is 0 Å². The number of hydrogen-bond acceptors (Lipinski definition) is 3. The van der Waals surface area contributed by atoms with E-state index in [0.717, 1.165) is 45.5 Å². The van der Waals surface area contributed by atoms with Crippen LogP contribution in [0.25, 0.3) is 0 Å². The van der Waals surface area contributed by atoms with Gasteiger partial charge in [0.05, 0.1) is 12.6 Å². The molecule has 0 aromatic heterocycles. The maximum Gasteiger partial charge on any atom is 0.225 e. The summed E-state index contributed by atoms with van der Waals surface area (Å²) in [6.45, 7) is 5.92. The summed E-state index contributed by atoms with van der Waals surface area (Å²) in [6, 6.07) is 10.9. The van der Waals surface area contributed by atoms with E-state index in [1.807, 2.05) is 0 Å². The Bertz CT molecular complexity index is 576. The van der Waals surface area contributed by atoms with E-state index in [1.54, 1.807) is 0 Å². The molecule has 3 saturated heterocycles. The van der Waals surface area contributed by atoms with Crippen molar-refractivity contribution in [2.75, 3.05) is 19.7 Å². The summed E-state index contributed by atoms with van der Waals surface area (Å²) in [7, 11) is 0. The number of amides is 1. The van der Waals surface area contributed by atoms with Crippen molar-refractivity contribution >= 4 is 5.91 Å². The molecule has 1 aromatic rings. The number of likely N-dealkylation sites (tertiary alicyclic amines) is 1. The van der Waals surface area contributed by atoms with E-state index in [1.165, 1.54) is 5.56 Å². The van der Waals surface area contributed by atoms with Crippen molar-refractivity contribution < 1.29 is 9.53 Å². The third-order valence-electron chi connectivity index (χ3n) is 5.90. The van der Waals surface area contributed by atoms with Crippen LogP contribution in [0.3, 0.4) is 0 Å². The molecule has 0 N–H and O–H groups in total. The van der Waals surface area contributed by atoms with E-state index >= 15 is 0 Å². The van der Waals surface area contributed by atoms with Gasteiger partial charge in [0.15, 0.2) is 0 Å². The van der Waals surface area contributed by atoms with E-state index in [2.05, 4.69) is 47.1 Å². The third kappa shape index (κ3) is 2.48. The van der Waals surface area contributed by atoms with E-state index in [9.17, 15) is 4.79 Å². The molecular formula is C19H26N2O2. The Labute approximate surface area is 138 Å². The van der Waals surface area contributed by atoms with Crippen molar-refractivity contribution in [3.8, 4) is 0 Å². The minimum absolute atomic E-state index is 0.283. The molecule has 0 radical (unpaired) electrons. The highest BCUT2D eigenvalue weighted by Gasteiger charge is 2.58. The number of hydrogen-bond donors (Lipinski definition) is 0. The van der Waals surface area contributed by atoms with Gasteiger partial charge in [0, 0.05) is 38.4 Å². The second kappa shape index (κ2) is 5.91. The van der Waals surface area contributed by atoms with E-state index in [4.69, 9.17) is 4.74 Å². The zero-order valence-electron chi connectivity index (χ0n) is 13.9. The fourth-order valence-corrected chi connectivity index (χ4v) is 4.70. The number of rotatable bonds is 3. The molecule has 0 saturated carbocycles. The van der Waals surface area contributed by atoms with Crippen molar-refractivity contribution in [3.63, 3.8) is 0 Å². The minimum Gasteiger partial charge on any atom is -0.353 e. The molecule has 124 valence electrons. The highest BCUT2D eigenvalue weighted by Crippen LogP contribution is 2.46. The highest BCUT2D eigenvalue weighted by atomic mass is 16.5. The maximum absolute atomic E-state index is 12.5. The zero-order valence-corrected chi connectivity index (χ0v) is 13.9. The summed E-state index contributed by atoms with van der Waals surface area (Å²) in [5.74, 6) is 0.760. The Morgan fingerprint density at radius 3 is 2.91 bits per heavy atom. The van der Waals surface area contributed by atoms with Gasteiger partial charge in [-0.2, -0.15) is 0 Å². The lowest BCUT2D eigenvalue weighted by atomic mass is 9.79. The van der Waals surface area contributed by atoms with Gasteiger partial charge in [0.2, 0.25) is 5.91 Å². The van der Waals surface area contributed by atoms with Gasteiger partial charge in [0.1, 0.15) is 5.72 Å². The number of carbonyl (C=O) groups excluding carboxylic acids is 1. The van der Waals surface area contributed by atoms with Crippen molar-refractivity contribution in [1.82, 2.24) is 9.80 Å². The largest absolute Gasteiger partial charge is 0.353 e. The van der Waals surface area contributed by atoms with Crippen LogP contribution >= 0.6 is 0 Å². The van der Waals surface area contributed by atoms with Crippen LogP contribution in [0.4, 0.5) is 0 Å². The first-order valence-corrected chi connectivity index (χ1v) is 8.95. The number of nitrogens with zero attached hydrogens (tertiary/aromatic N) is 2. The second-order valence-electron chi connectivity index (χ2n) is 7.19. The van der Waals surface area contributed by atoms with E-state index < -0.39 is 0 Å². The zero-order chi connectivity index (χ0) is 15.9. The fraction of sp³-hybridized carbons (Fsp3) is 0.632. The number of piperidine rings is 2. The molecule has 4 nitrogen and oxygen atoms in total. The Morgan fingerprint density at radius 1 is 1.30 bits per heavy atom. The van der Waals surface area contributed by atoms with Crippen molar-refractivity contribution in [2.24, 2.45) is 5.92 Å². The Hall–Kier alpha value is -1.39. The topological polar surface area (TPSA) is 32.8 Å². The SMILES string of the molecule is CC[C@H]1CO[C@@]23CCN(Cc4ccccc4)C[C@@H]2CCC(=O)N13. The van der Waals surface area contributed by atoms with Crippen LogP contribution in [0.5, 0.6) is 0 Å². The normalized spacial score (nSPS) is 34.3. The molecule has 0 aliphatic carbocycles. The van der Waals surface area contributed by atoms with Gasteiger partial charge in [0.25, 0.3) is 0 Å². The molecule has 4 rings (SSSR count). The molecule has 3 atom stereocenters. The number of ether oxygens (including phenoxy) is 1.